The lowest BCUT2D eigenvalue weighted by atomic mass is 10.2. The van der Waals surface area contributed by atoms with Crippen molar-refractivity contribution in [3.8, 4) is 11.3 Å². The molecule has 0 bridgehead atoms. The number of nitrogens with two attached hydrogens (primary N) is 1. The van der Waals surface area contributed by atoms with Crippen molar-refractivity contribution in [1.82, 2.24) is 0 Å². The van der Waals surface area contributed by atoms with E-state index in [-0.39, 0.29) is 11.4 Å². The van der Waals surface area contributed by atoms with Crippen LogP contribution in [0.5, 0.6) is 0 Å². The van der Waals surface area contributed by atoms with Gasteiger partial charge in [0.25, 0.3) is 5.91 Å². The summed E-state index contributed by atoms with van der Waals surface area (Å²) in [6.45, 7) is 0. The molecule has 0 aliphatic carbocycles. The number of hydrogen-bond acceptors (Lipinski definition) is 3. The Kier molecular flexibility index (Phi) is 4.73. The molecule has 0 atom stereocenters. The minimum Gasteiger partial charge on any atom is -0.451 e. The molecule has 0 aliphatic heterocycles. The molecule has 1 heterocycles. The molecule has 3 rings (SSSR count). The first-order valence-corrected chi connectivity index (χ1v) is 8.44. The highest BCUT2D eigenvalue weighted by atomic mass is 79.9. The fraction of sp³-hybridized carbons (Fsp3) is 0. The molecule has 0 unspecified atom stereocenters. The molecule has 0 spiro atoms. The lowest BCUT2D eigenvalue weighted by Gasteiger charge is -2.05. The van der Waals surface area contributed by atoms with E-state index < -0.39 is 11.7 Å². The lowest BCUT2D eigenvalue weighted by Crippen LogP contribution is -2.11. The van der Waals surface area contributed by atoms with Crippen molar-refractivity contribution in [2.75, 3.05) is 11.1 Å². The van der Waals surface area contributed by atoms with Gasteiger partial charge in [-0.2, -0.15) is 0 Å². The highest BCUT2D eigenvalue weighted by Crippen LogP contribution is 2.32. The third-order valence-electron chi connectivity index (χ3n) is 3.28. The van der Waals surface area contributed by atoms with Gasteiger partial charge >= 0.3 is 0 Å². The van der Waals surface area contributed by atoms with Crippen LogP contribution in [0.15, 0.2) is 61.9 Å². The van der Waals surface area contributed by atoms with E-state index in [4.69, 9.17) is 10.2 Å². The maximum atomic E-state index is 13.2. The van der Waals surface area contributed by atoms with Gasteiger partial charge in [-0.25, -0.2) is 4.39 Å². The van der Waals surface area contributed by atoms with E-state index >= 15 is 0 Å². The molecule has 1 amide bonds. The van der Waals surface area contributed by atoms with E-state index in [2.05, 4.69) is 37.2 Å². The van der Waals surface area contributed by atoms with Gasteiger partial charge in [0.1, 0.15) is 11.6 Å². The minimum atomic E-state index is -0.534. The fourth-order valence-electron chi connectivity index (χ4n) is 2.11. The quantitative estimate of drug-likeness (QED) is 0.518. The smallest absolute Gasteiger partial charge is 0.291 e. The van der Waals surface area contributed by atoms with E-state index in [1.165, 1.54) is 18.2 Å². The third kappa shape index (κ3) is 3.52. The van der Waals surface area contributed by atoms with Crippen molar-refractivity contribution in [3.63, 3.8) is 0 Å². The minimum absolute atomic E-state index is 0.0354. The maximum absolute atomic E-state index is 13.2. The van der Waals surface area contributed by atoms with E-state index in [1.54, 1.807) is 12.1 Å². The fourth-order valence-corrected chi connectivity index (χ4v) is 3.35. The predicted molar refractivity (Wildman–Crippen MR) is 98.3 cm³/mol. The van der Waals surface area contributed by atoms with E-state index in [1.807, 2.05) is 18.2 Å². The molecular formula is C17H11Br2FN2O2. The number of halogens is 3. The average Bonchev–Trinajstić information content (AvgIpc) is 3.01. The standard InChI is InChI=1S/C17H11Br2FN2O2/c18-9-1-3-11(12(19)7-9)15-5-6-16(24-15)17(23)22-10-2-4-13(20)14(21)8-10/h1-8H,21H2,(H,22,23). The van der Waals surface area contributed by atoms with Gasteiger partial charge in [-0.3, -0.25) is 4.79 Å². The summed E-state index contributed by atoms with van der Waals surface area (Å²) in [7, 11) is 0. The number of carbonyl (C=O) groups is 1. The molecule has 0 aliphatic rings. The summed E-state index contributed by atoms with van der Waals surface area (Å²) >= 11 is 6.84. The van der Waals surface area contributed by atoms with E-state index in [0.717, 1.165) is 14.5 Å². The van der Waals surface area contributed by atoms with Crippen LogP contribution < -0.4 is 11.1 Å². The van der Waals surface area contributed by atoms with Crippen LogP contribution in [0.3, 0.4) is 0 Å². The van der Waals surface area contributed by atoms with E-state index in [9.17, 15) is 9.18 Å². The molecule has 0 fully saturated rings. The van der Waals surface area contributed by atoms with Crippen LogP contribution in [-0.4, -0.2) is 5.91 Å². The Morgan fingerprint density at radius 1 is 1.08 bits per heavy atom. The van der Waals surface area contributed by atoms with Gasteiger partial charge in [0.05, 0.1) is 5.69 Å². The monoisotopic (exact) mass is 452 g/mol. The predicted octanol–water partition coefficient (Wildman–Crippen LogP) is 5.45. The van der Waals surface area contributed by atoms with Crippen LogP contribution in [-0.2, 0) is 0 Å². The molecule has 24 heavy (non-hydrogen) atoms. The van der Waals surface area contributed by atoms with Crippen molar-refractivity contribution in [2.24, 2.45) is 0 Å². The van der Waals surface area contributed by atoms with Crippen LogP contribution in [0.25, 0.3) is 11.3 Å². The molecular weight excluding hydrogens is 443 g/mol. The van der Waals surface area contributed by atoms with Gasteiger partial charge in [0.15, 0.2) is 5.76 Å². The SMILES string of the molecule is Nc1cc(NC(=O)c2ccc(-c3ccc(Br)cc3Br)o2)ccc1F. The first-order chi connectivity index (χ1) is 11.4. The van der Waals surface area contributed by atoms with Crippen LogP contribution >= 0.6 is 31.9 Å². The molecule has 0 radical (unpaired) electrons. The summed E-state index contributed by atoms with van der Waals surface area (Å²) < 4.78 is 20.5. The number of furan rings is 1. The van der Waals surface area contributed by atoms with Gasteiger partial charge < -0.3 is 15.5 Å². The van der Waals surface area contributed by atoms with Gasteiger partial charge in [-0.15, -0.1) is 0 Å². The summed E-state index contributed by atoms with van der Waals surface area (Å²) in [6.07, 6.45) is 0. The third-order valence-corrected chi connectivity index (χ3v) is 4.43. The van der Waals surface area contributed by atoms with Crippen molar-refractivity contribution in [2.45, 2.75) is 0 Å². The van der Waals surface area contributed by atoms with Gasteiger partial charge in [0.2, 0.25) is 0 Å². The van der Waals surface area contributed by atoms with Crippen LogP contribution in [0, 0.1) is 5.82 Å². The molecule has 7 heteroatoms. The normalized spacial score (nSPS) is 10.6. The molecule has 2 aromatic carbocycles. The molecule has 4 nitrogen and oxygen atoms in total. The zero-order valence-corrected chi connectivity index (χ0v) is 15.3. The number of hydrogen-bond donors (Lipinski definition) is 2. The van der Waals surface area contributed by atoms with Crippen LogP contribution in [0.4, 0.5) is 15.8 Å². The Morgan fingerprint density at radius 2 is 1.88 bits per heavy atom. The zero-order valence-electron chi connectivity index (χ0n) is 12.1. The number of carbonyl (C=O) groups excluding carboxylic acids is 1. The topological polar surface area (TPSA) is 68.3 Å². The number of rotatable bonds is 3. The number of amides is 1. The zero-order chi connectivity index (χ0) is 17.3. The van der Waals surface area contributed by atoms with Gasteiger partial charge in [-0.1, -0.05) is 15.9 Å². The molecule has 0 saturated carbocycles. The molecule has 3 aromatic rings. The number of nitrogen functional groups attached to an aromatic ring is 1. The van der Waals surface area contributed by atoms with Crippen molar-refractivity contribution in [3.05, 3.63) is 69.1 Å². The molecule has 0 saturated heterocycles. The second-order valence-electron chi connectivity index (χ2n) is 4.98. The molecule has 3 N–H and O–H groups in total. The van der Waals surface area contributed by atoms with Crippen LogP contribution in [0.2, 0.25) is 0 Å². The van der Waals surface area contributed by atoms with Gasteiger partial charge in [0, 0.05) is 20.2 Å². The number of anilines is 2. The Labute approximate surface area is 154 Å². The summed E-state index contributed by atoms with van der Waals surface area (Å²) in [5.74, 6) is -0.283. The Morgan fingerprint density at radius 3 is 2.58 bits per heavy atom. The summed E-state index contributed by atoms with van der Waals surface area (Å²) in [5.41, 5.74) is 6.66. The second kappa shape index (κ2) is 6.78. The van der Waals surface area contributed by atoms with E-state index in [0.29, 0.717) is 11.4 Å². The molecule has 1 aromatic heterocycles. The number of benzene rings is 2. The summed E-state index contributed by atoms with van der Waals surface area (Å²) in [5, 5.41) is 2.62. The Hall–Kier alpha value is -2.12. The first kappa shape index (κ1) is 16.7. The van der Waals surface area contributed by atoms with Gasteiger partial charge in [-0.05, 0) is 64.5 Å². The van der Waals surface area contributed by atoms with Crippen molar-refractivity contribution < 1.29 is 13.6 Å². The van der Waals surface area contributed by atoms with Crippen LogP contribution in [0.1, 0.15) is 10.6 Å². The maximum Gasteiger partial charge on any atom is 0.291 e. The number of nitrogens with one attached hydrogen (secondary N) is 1. The molecule has 122 valence electrons. The first-order valence-electron chi connectivity index (χ1n) is 6.85. The summed E-state index contributed by atoms with van der Waals surface area (Å²) in [6, 6.07) is 12.9. The van der Waals surface area contributed by atoms with Crippen molar-refractivity contribution in [1.29, 1.82) is 0 Å². The Balaban J connectivity index is 1.82. The second-order valence-corrected chi connectivity index (χ2v) is 6.75. The van der Waals surface area contributed by atoms with Crippen molar-refractivity contribution >= 4 is 49.1 Å². The summed E-state index contributed by atoms with van der Waals surface area (Å²) in [4.78, 5) is 12.2. The Bertz CT molecular complexity index is 925. The highest BCUT2D eigenvalue weighted by Gasteiger charge is 2.14. The average molecular weight is 454 g/mol. The largest absolute Gasteiger partial charge is 0.451 e. The highest BCUT2D eigenvalue weighted by molar-refractivity contribution is 9.11. The lowest BCUT2D eigenvalue weighted by molar-refractivity contribution is 0.0997.